The van der Waals surface area contributed by atoms with Crippen LogP contribution < -0.4 is 5.32 Å². The van der Waals surface area contributed by atoms with Gasteiger partial charge in [-0.3, -0.25) is 9.69 Å². The van der Waals surface area contributed by atoms with Gasteiger partial charge in [0.25, 0.3) is 5.91 Å². The first kappa shape index (κ1) is 21.6. The number of hydrogen-bond donors (Lipinski definition) is 1. The van der Waals surface area contributed by atoms with Gasteiger partial charge in [0.05, 0.1) is 11.4 Å². The van der Waals surface area contributed by atoms with Gasteiger partial charge in [0.15, 0.2) is 0 Å². The third-order valence-electron chi connectivity index (χ3n) is 7.84. The Morgan fingerprint density at radius 1 is 1.00 bits per heavy atom. The first-order chi connectivity index (χ1) is 16.8. The minimum Gasteiger partial charge on any atom is -0.330 e. The fraction of sp³-hybridized carbons (Fsp3) is 0.429. The van der Waals surface area contributed by atoms with Gasteiger partial charge < -0.3 is 10.2 Å². The Kier molecular flexibility index (Phi) is 5.93. The molecule has 3 aromatic rings. The van der Waals surface area contributed by atoms with E-state index in [0.717, 1.165) is 76.2 Å². The van der Waals surface area contributed by atoms with E-state index in [1.165, 1.54) is 16.8 Å². The summed E-state index contributed by atoms with van der Waals surface area (Å²) < 4.78 is 2.05. The number of nitrogens with zero attached hydrogens (tertiary/aromatic N) is 4. The summed E-state index contributed by atoms with van der Waals surface area (Å²) >= 11 is 0. The van der Waals surface area contributed by atoms with Crippen LogP contribution in [0.5, 0.6) is 0 Å². The minimum atomic E-state index is 0.222. The highest BCUT2D eigenvalue weighted by atomic mass is 16.2. The van der Waals surface area contributed by atoms with Crippen molar-refractivity contribution in [2.75, 3.05) is 26.2 Å². The summed E-state index contributed by atoms with van der Waals surface area (Å²) in [4.78, 5) is 17.6. The number of amides is 1. The van der Waals surface area contributed by atoms with Crippen LogP contribution in [0.25, 0.3) is 5.69 Å². The zero-order chi connectivity index (χ0) is 22.9. The van der Waals surface area contributed by atoms with Crippen molar-refractivity contribution in [2.45, 2.75) is 50.7 Å². The molecule has 2 aromatic carbocycles. The lowest BCUT2D eigenvalue weighted by Gasteiger charge is -2.32. The molecular weight excluding hydrogens is 422 g/mol. The number of aromatic nitrogens is 2. The van der Waals surface area contributed by atoms with E-state index in [2.05, 4.69) is 73.4 Å². The second kappa shape index (κ2) is 9.35. The Balaban J connectivity index is 1.09. The number of hydrogen-bond acceptors (Lipinski definition) is 4. The van der Waals surface area contributed by atoms with Crippen molar-refractivity contribution in [1.29, 1.82) is 0 Å². The summed E-state index contributed by atoms with van der Waals surface area (Å²) in [6, 6.07) is 19.5. The predicted molar refractivity (Wildman–Crippen MR) is 133 cm³/mol. The van der Waals surface area contributed by atoms with Crippen LogP contribution in [-0.2, 0) is 13.1 Å². The zero-order valence-corrected chi connectivity index (χ0v) is 19.7. The van der Waals surface area contributed by atoms with E-state index in [1.807, 2.05) is 12.3 Å². The summed E-state index contributed by atoms with van der Waals surface area (Å²) in [6.45, 7) is 5.86. The van der Waals surface area contributed by atoms with Crippen LogP contribution in [-0.4, -0.2) is 57.7 Å². The topological polar surface area (TPSA) is 53.4 Å². The number of rotatable bonds is 5. The SMILES string of the molecule is O=C1c2ccc(C3CCN(Cc4ccnn4-c4ccccc4)CC3)cc2CN1C1CCCNC1. The summed E-state index contributed by atoms with van der Waals surface area (Å²) in [5.74, 6) is 0.793. The fourth-order valence-corrected chi connectivity index (χ4v) is 5.92. The van der Waals surface area contributed by atoms with E-state index in [1.54, 1.807) is 0 Å². The summed E-state index contributed by atoms with van der Waals surface area (Å²) in [5.41, 5.74) is 5.90. The molecule has 1 unspecified atom stereocenters. The van der Waals surface area contributed by atoms with Crippen molar-refractivity contribution in [3.05, 3.63) is 83.2 Å². The molecule has 4 heterocycles. The van der Waals surface area contributed by atoms with Crippen LogP contribution in [0, 0.1) is 0 Å². The molecule has 0 spiro atoms. The number of likely N-dealkylation sites (tertiary alicyclic amines) is 1. The first-order valence-corrected chi connectivity index (χ1v) is 12.7. The van der Waals surface area contributed by atoms with Crippen LogP contribution in [0.3, 0.4) is 0 Å². The quantitative estimate of drug-likeness (QED) is 0.633. The van der Waals surface area contributed by atoms with Crippen molar-refractivity contribution in [3.63, 3.8) is 0 Å². The number of nitrogens with one attached hydrogen (secondary N) is 1. The molecule has 6 rings (SSSR count). The van der Waals surface area contributed by atoms with Crippen LogP contribution in [0.2, 0.25) is 0 Å². The van der Waals surface area contributed by atoms with E-state index < -0.39 is 0 Å². The van der Waals surface area contributed by atoms with Gasteiger partial charge >= 0.3 is 0 Å². The Morgan fingerprint density at radius 3 is 2.65 bits per heavy atom. The summed E-state index contributed by atoms with van der Waals surface area (Å²) in [7, 11) is 0. The Bertz CT molecular complexity index is 1140. The van der Waals surface area contributed by atoms with Crippen LogP contribution in [0.4, 0.5) is 0 Å². The molecule has 0 saturated carbocycles. The highest BCUT2D eigenvalue weighted by Crippen LogP contribution is 2.33. The average molecular weight is 456 g/mol. The standard InChI is InChI=1S/C28H33N5O/c34-28-27-9-8-22(17-23(27)19-32(28)25-7-4-13-29-18-25)21-11-15-31(16-12-21)20-26-10-14-30-33(26)24-5-2-1-3-6-24/h1-3,5-6,8-10,14,17,21,25,29H,4,7,11-13,15-16,18-20H2. The summed E-state index contributed by atoms with van der Waals surface area (Å²) in [6.07, 6.45) is 6.47. The molecule has 176 valence electrons. The Labute approximate surface area is 201 Å². The van der Waals surface area contributed by atoms with E-state index in [0.29, 0.717) is 12.0 Å². The number of benzene rings is 2. The van der Waals surface area contributed by atoms with Crippen LogP contribution in [0.15, 0.2) is 60.8 Å². The van der Waals surface area contributed by atoms with Gasteiger partial charge in [0, 0.05) is 37.4 Å². The molecule has 1 amide bonds. The molecule has 1 aromatic heterocycles. The monoisotopic (exact) mass is 455 g/mol. The van der Waals surface area contributed by atoms with Gasteiger partial charge in [-0.05, 0) is 86.6 Å². The van der Waals surface area contributed by atoms with Gasteiger partial charge in [-0.15, -0.1) is 0 Å². The maximum absolute atomic E-state index is 13.0. The molecule has 2 saturated heterocycles. The average Bonchev–Trinajstić information content (AvgIpc) is 3.49. The normalized spacial score (nSPS) is 21.7. The van der Waals surface area contributed by atoms with Crippen molar-refractivity contribution in [1.82, 2.24) is 24.9 Å². The van der Waals surface area contributed by atoms with Crippen LogP contribution in [0.1, 0.15) is 58.8 Å². The molecule has 34 heavy (non-hydrogen) atoms. The molecule has 0 aliphatic carbocycles. The molecule has 1 N–H and O–H groups in total. The lowest BCUT2D eigenvalue weighted by atomic mass is 9.88. The van der Waals surface area contributed by atoms with Gasteiger partial charge in [-0.2, -0.15) is 5.10 Å². The second-order valence-corrected chi connectivity index (χ2v) is 9.97. The third-order valence-corrected chi connectivity index (χ3v) is 7.84. The van der Waals surface area contributed by atoms with Gasteiger partial charge in [0.1, 0.15) is 0 Å². The molecule has 3 aliphatic rings. The molecule has 0 radical (unpaired) electrons. The van der Waals surface area contributed by atoms with E-state index in [4.69, 9.17) is 0 Å². The van der Waals surface area contributed by atoms with Crippen molar-refractivity contribution >= 4 is 5.91 Å². The van der Waals surface area contributed by atoms with Gasteiger partial charge in [0.2, 0.25) is 0 Å². The molecule has 1 atom stereocenters. The van der Waals surface area contributed by atoms with E-state index >= 15 is 0 Å². The largest absolute Gasteiger partial charge is 0.330 e. The molecule has 2 fully saturated rings. The van der Waals surface area contributed by atoms with E-state index in [9.17, 15) is 4.79 Å². The van der Waals surface area contributed by atoms with Crippen molar-refractivity contribution in [2.24, 2.45) is 0 Å². The van der Waals surface area contributed by atoms with E-state index in [-0.39, 0.29) is 5.91 Å². The number of piperidine rings is 2. The molecule has 6 nitrogen and oxygen atoms in total. The van der Waals surface area contributed by atoms with Gasteiger partial charge in [-0.25, -0.2) is 4.68 Å². The first-order valence-electron chi connectivity index (χ1n) is 12.7. The lowest BCUT2D eigenvalue weighted by molar-refractivity contribution is 0.0674. The number of para-hydroxylation sites is 1. The Morgan fingerprint density at radius 2 is 1.85 bits per heavy atom. The van der Waals surface area contributed by atoms with Gasteiger partial charge in [-0.1, -0.05) is 30.3 Å². The molecular formula is C28H33N5O. The maximum Gasteiger partial charge on any atom is 0.254 e. The Hall–Kier alpha value is -2.96. The zero-order valence-electron chi connectivity index (χ0n) is 19.7. The number of carbonyl (C=O) groups is 1. The van der Waals surface area contributed by atoms with Crippen LogP contribution >= 0.6 is 0 Å². The lowest BCUT2D eigenvalue weighted by Crippen LogP contribution is -2.46. The number of fused-ring (bicyclic) bond motifs is 1. The second-order valence-electron chi connectivity index (χ2n) is 9.97. The highest BCUT2D eigenvalue weighted by molar-refractivity contribution is 5.98. The molecule has 6 heteroatoms. The minimum absolute atomic E-state index is 0.222. The number of carbonyl (C=O) groups excluding carboxylic acids is 1. The predicted octanol–water partition coefficient (Wildman–Crippen LogP) is 3.96. The fourth-order valence-electron chi connectivity index (χ4n) is 5.92. The highest BCUT2D eigenvalue weighted by Gasteiger charge is 2.34. The smallest absolute Gasteiger partial charge is 0.254 e. The maximum atomic E-state index is 13.0. The van der Waals surface area contributed by atoms with Crippen molar-refractivity contribution in [3.8, 4) is 5.69 Å². The summed E-state index contributed by atoms with van der Waals surface area (Å²) in [5, 5.41) is 8.00. The molecule has 0 bridgehead atoms. The molecule has 3 aliphatic heterocycles. The third kappa shape index (κ3) is 4.17. The van der Waals surface area contributed by atoms with Crippen molar-refractivity contribution < 1.29 is 4.79 Å².